The van der Waals surface area contributed by atoms with Crippen molar-refractivity contribution >= 4 is 25.4 Å². The van der Waals surface area contributed by atoms with Crippen molar-refractivity contribution < 1.29 is 27.7 Å². The first-order valence-electron chi connectivity index (χ1n) is 5.89. The third-order valence-electron chi connectivity index (χ3n) is 2.32. The van der Waals surface area contributed by atoms with Crippen LogP contribution in [0.2, 0.25) is 5.02 Å². The van der Waals surface area contributed by atoms with E-state index in [0.717, 1.165) is 11.6 Å². The fraction of sp³-hybridized carbons (Fsp3) is 0.308. The van der Waals surface area contributed by atoms with E-state index in [1.807, 2.05) is 0 Å². The van der Waals surface area contributed by atoms with E-state index in [9.17, 15) is 9.36 Å². The van der Waals surface area contributed by atoms with Gasteiger partial charge in [-0.3, -0.25) is 9.05 Å². The summed E-state index contributed by atoms with van der Waals surface area (Å²) in [7, 11) is -1.31. The van der Waals surface area contributed by atoms with Gasteiger partial charge in [-0.25, -0.2) is 9.36 Å². The zero-order valence-electron chi connectivity index (χ0n) is 11.9. The molecule has 0 aliphatic carbocycles. The lowest BCUT2D eigenvalue weighted by Crippen LogP contribution is -2.03. The van der Waals surface area contributed by atoms with Crippen LogP contribution in [0.4, 0.5) is 0 Å². The van der Waals surface area contributed by atoms with Crippen molar-refractivity contribution in [3.05, 3.63) is 46.7 Å². The molecule has 0 amide bonds. The number of benzene rings is 1. The molecule has 0 spiro atoms. The van der Waals surface area contributed by atoms with Crippen LogP contribution in [0, 0.1) is 0 Å². The fourth-order valence-corrected chi connectivity index (χ4v) is 2.12. The lowest BCUT2D eigenvalue weighted by atomic mass is 10.2. The summed E-state index contributed by atoms with van der Waals surface area (Å²) in [5.74, 6) is -0.579. The molecule has 116 valence electrons. The predicted molar refractivity (Wildman–Crippen MR) is 77.7 cm³/mol. The van der Waals surface area contributed by atoms with E-state index in [1.54, 1.807) is 24.3 Å². The number of phosphoric acid groups is 1. The zero-order valence-corrected chi connectivity index (χ0v) is 13.5. The number of rotatable bonds is 7. The molecule has 1 aromatic carbocycles. The molecule has 0 heterocycles. The number of carbonyl (C=O) groups excluding carboxylic acids is 1. The van der Waals surface area contributed by atoms with Crippen LogP contribution in [-0.2, 0) is 34.3 Å². The molecule has 21 heavy (non-hydrogen) atoms. The summed E-state index contributed by atoms with van der Waals surface area (Å²) in [6, 6.07) is 6.88. The van der Waals surface area contributed by atoms with Crippen molar-refractivity contribution in [2.45, 2.75) is 13.5 Å². The van der Waals surface area contributed by atoms with Crippen molar-refractivity contribution in [3.8, 4) is 0 Å². The molecule has 0 N–H and O–H groups in total. The molecule has 0 bridgehead atoms. The fourth-order valence-electron chi connectivity index (χ4n) is 1.29. The molecule has 0 aliphatic rings. The van der Waals surface area contributed by atoms with Crippen LogP contribution in [0.5, 0.6) is 0 Å². The van der Waals surface area contributed by atoms with Crippen LogP contribution in [0.25, 0.3) is 0 Å². The van der Waals surface area contributed by atoms with Gasteiger partial charge in [-0.05, 0) is 24.6 Å². The lowest BCUT2D eigenvalue weighted by Gasteiger charge is -2.14. The minimum absolute atomic E-state index is 0.0585. The minimum Gasteiger partial charge on any atom is -0.458 e. The Labute approximate surface area is 128 Å². The Morgan fingerprint density at radius 3 is 2.33 bits per heavy atom. The van der Waals surface area contributed by atoms with Gasteiger partial charge < -0.3 is 9.26 Å². The normalized spacial score (nSPS) is 12.1. The van der Waals surface area contributed by atoms with Crippen LogP contribution in [-0.4, -0.2) is 20.2 Å². The van der Waals surface area contributed by atoms with Crippen LogP contribution >= 0.6 is 19.4 Å². The summed E-state index contributed by atoms with van der Waals surface area (Å²) in [5, 5.41) is 0.601. The molecule has 0 radical (unpaired) electrons. The number of phosphoric ester groups is 1. The Hall–Kier alpha value is -1.33. The average Bonchev–Trinajstić information content (AvgIpc) is 2.46. The van der Waals surface area contributed by atoms with Crippen molar-refractivity contribution in [1.82, 2.24) is 0 Å². The second kappa shape index (κ2) is 8.20. The monoisotopic (exact) mass is 334 g/mol. The second-order valence-electron chi connectivity index (χ2n) is 3.89. The molecular formula is C13H16ClO6P. The summed E-state index contributed by atoms with van der Waals surface area (Å²) in [6.45, 7) is 1.53. The predicted octanol–water partition coefficient (Wildman–Crippen LogP) is 3.70. The van der Waals surface area contributed by atoms with Gasteiger partial charge in [0.15, 0.2) is 0 Å². The third kappa shape index (κ3) is 6.31. The standard InChI is InChI=1S/C13H16ClO6P/c1-10(20-21(16,17-2)18-3)8-13(15)19-9-11-4-6-12(14)7-5-11/h4-8H,9H2,1-3H3/b10-8-. The highest BCUT2D eigenvalue weighted by atomic mass is 35.5. The number of ether oxygens (including phenoxy) is 1. The third-order valence-corrected chi connectivity index (χ3v) is 3.98. The molecule has 0 aromatic heterocycles. The van der Waals surface area contributed by atoms with Crippen LogP contribution in [0.1, 0.15) is 12.5 Å². The van der Waals surface area contributed by atoms with Gasteiger partial charge in [0.05, 0.1) is 6.08 Å². The molecule has 0 aliphatic heterocycles. The van der Waals surface area contributed by atoms with Crippen molar-refractivity contribution in [1.29, 1.82) is 0 Å². The zero-order chi connectivity index (χ0) is 15.9. The largest absolute Gasteiger partial charge is 0.529 e. The maximum Gasteiger partial charge on any atom is 0.529 e. The number of esters is 1. The smallest absolute Gasteiger partial charge is 0.458 e. The molecule has 1 rings (SSSR count). The first kappa shape index (κ1) is 17.7. The Kier molecular flexibility index (Phi) is 6.92. The molecule has 6 nitrogen and oxygen atoms in total. The van der Waals surface area contributed by atoms with E-state index in [2.05, 4.69) is 9.05 Å². The van der Waals surface area contributed by atoms with E-state index in [0.29, 0.717) is 5.02 Å². The minimum atomic E-state index is -3.67. The van der Waals surface area contributed by atoms with Gasteiger partial charge in [-0.15, -0.1) is 0 Å². The quantitative estimate of drug-likeness (QED) is 0.328. The number of allylic oxidation sites excluding steroid dienone is 1. The number of carbonyl (C=O) groups is 1. The summed E-state index contributed by atoms with van der Waals surface area (Å²) in [6.07, 6.45) is 1.06. The summed E-state index contributed by atoms with van der Waals surface area (Å²) in [5.41, 5.74) is 0.791. The topological polar surface area (TPSA) is 71.1 Å². The molecular weight excluding hydrogens is 319 g/mol. The first-order chi connectivity index (χ1) is 9.88. The van der Waals surface area contributed by atoms with Gasteiger partial charge in [-0.1, -0.05) is 23.7 Å². The number of hydrogen-bond donors (Lipinski definition) is 0. The number of hydrogen-bond acceptors (Lipinski definition) is 6. The second-order valence-corrected chi connectivity index (χ2v) is 6.14. The lowest BCUT2D eigenvalue weighted by molar-refractivity contribution is -0.139. The van der Waals surface area contributed by atoms with E-state index in [1.165, 1.54) is 21.1 Å². The van der Waals surface area contributed by atoms with Crippen LogP contribution in [0.3, 0.4) is 0 Å². The van der Waals surface area contributed by atoms with Gasteiger partial charge in [-0.2, -0.15) is 0 Å². The summed E-state index contributed by atoms with van der Waals surface area (Å²) < 4.78 is 30.8. The summed E-state index contributed by atoms with van der Waals surface area (Å²) in [4.78, 5) is 11.6. The number of halogens is 1. The van der Waals surface area contributed by atoms with Crippen molar-refractivity contribution in [2.75, 3.05) is 14.2 Å². The highest BCUT2D eigenvalue weighted by Crippen LogP contribution is 2.49. The van der Waals surface area contributed by atoms with Gasteiger partial charge in [0.1, 0.15) is 12.4 Å². The van der Waals surface area contributed by atoms with E-state index in [-0.39, 0.29) is 12.4 Å². The van der Waals surface area contributed by atoms with Gasteiger partial charge in [0.25, 0.3) is 0 Å². The average molecular weight is 335 g/mol. The molecule has 1 aromatic rings. The van der Waals surface area contributed by atoms with Crippen LogP contribution < -0.4 is 0 Å². The van der Waals surface area contributed by atoms with Gasteiger partial charge >= 0.3 is 13.8 Å². The van der Waals surface area contributed by atoms with E-state index >= 15 is 0 Å². The molecule has 8 heteroatoms. The Bertz CT molecular complexity index is 546. The molecule has 0 atom stereocenters. The first-order valence-corrected chi connectivity index (χ1v) is 7.73. The summed E-state index contributed by atoms with van der Waals surface area (Å²) >= 11 is 5.75. The van der Waals surface area contributed by atoms with Gasteiger partial charge in [0.2, 0.25) is 0 Å². The van der Waals surface area contributed by atoms with E-state index in [4.69, 9.17) is 20.9 Å². The highest BCUT2D eigenvalue weighted by Gasteiger charge is 2.24. The molecule has 0 fully saturated rings. The highest BCUT2D eigenvalue weighted by molar-refractivity contribution is 7.48. The Morgan fingerprint density at radius 2 is 1.81 bits per heavy atom. The maximum absolute atomic E-state index is 11.7. The molecule has 0 saturated carbocycles. The Balaban J connectivity index is 2.54. The maximum atomic E-state index is 11.7. The van der Waals surface area contributed by atoms with Crippen LogP contribution in [0.15, 0.2) is 36.1 Å². The van der Waals surface area contributed by atoms with E-state index < -0.39 is 13.8 Å². The molecule has 0 saturated heterocycles. The van der Waals surface area contributed by atoms with Crippen molar-refractivity contribution in [2.24, 2.45) is 0 Å². The van der Waals surface area contributed by atoms with Crippen molar-refractivity contribution in [3.63, 3.8) is 0 Å². The van der Waals surface area contributed by atoms with Gasteiger partial charge in [0, 0.05) is 19.2 Å². The Morgan fingerprint density at radius 1 is 1.24 bits per heavy atom. The molecule has 0 unspecified atom stereocenters. The SMILES string of the molecule is COP(=O)(OC)O/C(C)=C\C(=O)OCc1ccc(Cl)cc1.